The molecule has 0 aliphatic rings. The smallest absolute Gasteiger partial charge is 0.291 e. The molecule has 8 heteroatoms. The van der Waals surface area contributed by atoms with Crippen molar-refractivity contribution in [3.63, 3.8) is 0 Å². The van der Waals surface area contributed by atoms with Gasteiger partial charge < -0.3 is 19.8 Å². The lowest BCUT2D eigenvalue weighted by Gasteiger charge is -2.09. The summed E-state index contributed by atoms with van der Waals surface area (Å²) in [5, 5.41) is 6.14. The van der Waals surface area contributed by atoms with Crippen molar-refractivity contribution in [2.75, 3.05) is 17.2 Å². The Hall–Kier alpha value is -2.96. The van der Waals surface area contributed by atoms with E-state index in [1.807, 2.05) is 0 Å². The summed E-state index contributed by atoms with van der Waals surface area (Å²) in [6.45, 7) is -0.186. The van der Waals surface area contributed by atoms with E-state index in [1.54, 1.807) is 48.5 Å². The van der Waals surface area contributed by atoms with Crippen molar-refractivity contribution in [2.24, 2.45) is 0 Å². The van der Waals surface area contributed by atoms with Gasteiger partial charge in [0, 0.05) is 17.4 Å². The monoisotopic (exact) mass is 404 g/mol. The molecule has 2 N–H and O–H groups in total. The lowest BCUT2D eigenvalue weighted by molar-refractivity contribution is -0.118. The minimum absolute atomic E-state index is 0.186. The topological polar surface area (TPSA) is 80.6 Å². The van der Waals surface area contributed by atoms with Crippen LogP contribution in [0.15, 0.2) is 65.3 Å². The highest BCUT2D eigenvalue weighted by Crippen LogP contribution is 2.26. The Balaban J connectivity index is 1.50. The van der Waals surface area contributed by atoms with Gasteiger partial charge in [0.25, 0.3) is 11.8 Å². The van der Waals surface area contributed by atoms with E-state index in [9.17, 15) is 9.59 Å². The number of furan rings is 1. The highest BCUT2D eigenvalue weighted by Gasteiger charge is 2.09. The van der Waals surface area contributed by atoms with Crippen molar-refractivity contribution < 1.29 is 18.7 Å². The largest absolute Gasteiger partial charge is 0.484 e. The van der Waals surface area contributed by atoms with E-state index < -0.39 is 0 Å². The Labute approximate surface area is 165 Å². The number of rotatable bonds is 6. The maximum atomic E-state index is 12.0. The molecule has 0 saturated carbocycles. The van der Waals surface area contributed by atoms with Gasteiger partial charge in [-0.15, -0.1) is 0 Å². The fourth-order valence-electron chi connectivity index (χ4n) is 2.15. The van der Waals surface area contributed by atoms with Crippen LogP contribution in [0.2, 0.25) is 10.0 Å². The van der Waals surface area contributed by atoms with E-state index in [-0.39, 0.29) is 24.2 Å². The molecule has 3 rings (SSSR count). The standard InChI is InChI=1S/C19H14Cl2N2O4/c20-15-8-7-14(10-16(15)21)27-11-18(24)22-12-3-5-13(6-4-12)23-19(25)17-2-1-9-26-17/h1-10H,11H2,(H,22,24)(H,23,25). The summed E-state index contributed by atoms with van der Waals surface area (Å²) in [6.07, 6.45) is 1.42. The fraction of sp³-hybridized carbons (Fsp3) is 0.0526. The van der Waals surface area contributed by atoms with Crippen LogP contribution in [0.1, 0.15) is 10.6 Å². The number of hydrogen-bond donors (Lipinski definition) is 2. The SMILES string of the molecule is O=C(COc1ccc(Cl)c(Cl)c1)Nc1ccc(NC(=O)c2ccco2)cc1. The number of carbonyl (C=O) groups is 2. The van der Waals surface area contributed by atoms with Crippen LogP contribution in [0.5, 0.6) is 5.75 Å². The molecule has 27 heavy (non-hydrogen) atoms. The van der Waals surface area contributed by atoms with E-state index >= 15 is 0 Å². The first kappa shape index (κ1) is 18.8. The highest BCUT2D eigenvalue weighted by atomic mass is 35.5. The number of nitrogens with one attached hydrogen (secondary N) is 2. The third-order valence-electron chi connectivity index (χ3n) is 3.43. The normalized spacial score (nSPS) is 10.3. The number of amides is 2. The summed E-state index contributed by atoms with van der Waals surface area (Å²) in [5.74, 6) is -0.0392. The summed E-state index contributed by atoms with van der Waals surface area (Å²) in [7, 11) is 0. The molecule has 1 aromatic heterocycles. The summed E-state index contributed by atoms with van der Waals surface area (Å²) < 4.78 is 10.4. The van der Waals surface area contributed by atoms with Gasteiger partial charge in [-0.05, 0) is 48.5 Å². The van der Waals surface area contributed by atoms with Crippen molar-refractivity contribution >= 4 is 46.4 Å². The molecular formula is C19H14Cl2N2O4. The number of anilines is 2. The molecule has 0 atom stereocenters. The molecule has 2 aromatic carbocycles. The van der Waals surface area contributed by atoms with Crippen LogP contribution in [0.3, 0.4) is 0 Å². The van der Waals surface area contributed by atoms with Crippen LogP contribution < -0.4 is 15.4 Å². The summed E-state index contributed by atoms with van der Waals surface area (Å²) in [4.78, 5) is 23.9. The molecule has 2 amide bonds. The molecule has 0 unspecified atom stereocenters. The quantitative estimate of drug-likeness (QED) is 0.614. The van der Waals surface area contributed by atoms with Gasteiger partial charge in [-0.25, -0.2) is 0 Å². The van der Waals surface area contributed by atoms with E-state index in [2.05, 4.69) is 10.6 Å². The van der Waals surface area contributed by atoms with Crippen molar-refractivity contribution in [2.45, 2.75) is 0 Å². The van der Waals surface area contributed by atoms with Gasteiger partial charge >= 0.3 is 0 Å². The van der Waals surface area contributed by atoms with Crippen LogP contribution in [0.4, 0.5) is 11.4 Å². The third-order valence-corrected chi connectivity index (χ3v) is 4.17. The van der Waals surface area contributed by atoms with Crippen LogP contribution in [-0.4, -0.2) is 18.4 Å². The summed E-state index contributed by atoms with van der Waals surface area (Å²) >= 11 is 11.7. The number of hydrogen-bond acceptors (Lipinski definition) is 4. The van der Waals surface area contributed by atoms with Crippen molar-refractivity contribution in [3.05, 3.63) is 76.7 Å². The predicted molar refractivity (Wildman–Crippen MR) is 104 cm³/mol. The molecule has 0 bridgehead atoms. The predicted octanol–water partition coefficient (Wildman–Crippen LogP) is 4.86. The molecule has 0 aliphatic heterocycles. The zero-order chi connectivity index (χ0) is 19.2. The van der Waals surface area contributed by atoms with E-state index in [4.69, 9.17) is 32.4 Å². The first-order valence-electron chi connectivity index (χ1n) is 7.84. The van der Waals surface area contributed by atoms with Crippen LogP contribution >= 0.6 is 23.2 Å². The average molecular weight is 405 g/mol. The van der Waals surface area contributed by atoms with E-state index in [1.165, 1.54) is 12.3 Å². The van der Waals surface area contributed by atoms with Crippen LogP contribution in [0, 0.1) is 0 Å². The number of benzene rings is 2. The second-order valence-corrected chi connectivity index (χ2v) is 6.24. The van der Waals surface area contributed by atoms with Crippen molar-refractivity contribution in [1.29, 1.82) is 0 Å². The average Bonchev–Trinajstić information content (AvgIpc) is 3.19. The maximum absolute atomic E-state index is 12.0. The lowest BCUT2D eigenvalue weighted by atomic mass is 10.2. The third kappa shape index (κ3) is 5.26. The van der Waals surface area contributed by atoms with Crippen molar-refractivity contribution in [1.82, 2.24) is 0 Å². The second kappa shape index (κ2) is 8.62. The van der Waals surface area contributed by atoms with Gasteiger partial charge in [-0.1, -0.05) is 23.2 Å². The molecule has 3 aromatic rings. The summed E-state index contributed by atoms with van der Waals surface area (Å²) in [5.41, 5.74) is 1.13. The molecule has 6 nitrogen and oxygen atoms in total. The van der Waals surface area contributed by atoms with Crippen LogP contribution in [-0.2, 0) is 4.79 Å². The maximum Gasteiger partial charge on any atom is 0.291 e. The Kier molecular flexibility index (Phi) is 6.01. The van der Waals surface area contributed by atoms with Gasteiger partial charge in [0.05, 0.1) is 16.3 Å². The number of ether oxygens (including phenoxy) is 1. The minimum atomic E-state index is -0.355. The minimum Gasteiger partial charge on any atom is -0.484 e. The van der Waals surface area contributed by atoms with Gasteiger partial charge in [0.1, 0.15) is 5.75 Å². The zero-order valence-electron chi connectivity index (χ0n) is 13.9. The Bertz CT molecular complexity index is 941. The first-order valence-corrected chi connectivity index (χ1v) is 8.59. The number of halogens is 2. The molecule has 0 radical (unpaired) electrons. The van der Waals surface area contributed by atoms with E-state index in [0.717, 1.165) is 0 Å². The van der Waals surface area contributed by atoms with Gasteiger partial charge in [-0.2, -0.15) is 0 Å². The molecule has 0 aliphatic carbocycles. The van der Waals surface area contributed by atoms with Gasteiger partial charge in [0.2, 0.25) is 0 Å². The number of carbonyl (C=O) groups excluding carboxylic acids is 2. The highest BCUT2D eigenvalue weighted by molar-refractivity contribution is 6.42. The Morgan fingerprint density at radius 2 is 1.63 bits per heavy atom. The molecular weight excluding hydrogens is 391 g/mol. The Morgan fingerprint density at radius 3 is 2.26 bits per heavy atom. The molecule has 0 spiro atoms. The second-order valence-electron chi connectivity index (χ2n) is 5.42. The van der Waals surface area contributed by atoms with Gasteiger partial charge in [-0.3, -0.25) is 9.59 Å². The van der Waals surface area contributed by atoms with Gasteiger partial charge in [0.15, 0.2) is 12.4 Å². The molecule has 0 fully saturated rings. The molecule has 1 heterocycles. The summed E-state index contributed by atoms with van der Waals surface area (Å²) in [6, 6.07) is 14.6. The Morgan fingerprint density at radius 1 is 0.926 bits per heavy atom. The molecule has 0 saturated heterocycles. The van der Waals surface area contributed by atoms with E-state index in [0.29, 0.717) is 27.2 Å². The first-order chi connectivity index (χ1) is 13.0. The molecule has 138 valence electrons. The zero-order valence-corrected chi connectivity index (χ0v) is 15.4. The van der Waals surface area contributed by atoms with Crippen molar-refractivity contribution in [3.8, 4) is 5.75 Å². The fourth-order valence-corrected chi connectivity index (χ4v) is 2.44. The lowest BCUT2D eigenvalue weighted by Crippen LogP contribution is -2.20. The van der Waals surface area contributed by atoms with Crippen LogP contribution in [0.25, 0.3) is 0 Å².